The molecule has 5 heteroatoms. The van der Waals surface area contributed by atoms with Crippen LogP contribution in [0.2, 0.25) is 0 Å². The summed E-state index contributed by atoms with van der Waals surface area (Å²) in [7, 11) is 0. The SMILES string of the molecule is CCNC(=NCC1CCN(CC)C1)NCC1CCCOC1C(C)(C)C. The third kappa shape index (κ3) is 6.45. The lowest BCUT2D eigenvalue weighted by molar-refractivity contribution is -0.0835. The first-order valence-corrected chi connectivity index (χ1v) is 10.3. The maximum Gasteiger partial charge on any atom is 0.191 e. The van der Waals surface area contributed by atoms with Gasteiger partial charge in [0.25, 0.3) is 0 Å². The molecule has 3 atom stereocenters. The second-order valence-corrected chi connectivity index (χ2v) is 8.71. The Balaban J connectivity index is 1.86. The molecule has 2 fully saturated rings. The number of nitrogens with one attached hydrogen (secondary N) is 2. The monoisotopic (exact) mass is 352 g/mol. The molecule has 0 spiro atoms. The molecule has 25 heavy (non-hydrogen) atoms. The zero-order valence-electron chi connectivity index (χ0n) is 17.1. The van der Waals surface area contributed by atoms with Crippen molar-refractivity contribution in [2.75, 3.05) is 45.9 Å². The third-order valence-corrected chi connectivity index (χ3v) is 5.50. The second-order valence-electron chi connectivity index (χ2n) is 8.71. The van der Waals surface area contributed by atoms with Gasteiger partial charge in [0.2, 0.25) is 0 Å². The van der Waals surface area contributed by atoms with Crippen molar-refractivity contribution < 1.29 is 4.74 Å². The van der Waals surface area contributed by atoms with Crippen LogP contribution >= 0.6 is 0 Å². The van der Waals surface area contributed by atoms with E-state index in [1.54, 1.807) is 0 Å². The van der Waals surface area contributed by atoms with Gasteiger partial charge in [-0.25, -0.2) is 0 Å². The topological polar surface area (TPSA) is 48.9 Å². The summed E-state index contributed by atoms with van der Waals surface area (Å²) in [6.07, 6.45) is 4.01. The predicted octanol–water partition coefficient (Wildman–Crippen LogP) is 2.72. The summed E-state index contributed by atoms with van der Waals surface area (Å²) in [4.78, 5) is 7.38. The van der Waals surface area contributed by atoms with Crippen molar-refractivity contribution in [2.45, 2.75) is 60.0 Å². The lowest BCUT2D eigenvalue weighted by Gasteiger charge is -2.40. The first-order valence-electron chi connectivity index (χ1n) is 10.3. The van der Waals surface area contributed by atoms with Gasteiger partial charge < -0.3 is 20.3 Å². The standard InChI is InChI=1S/C20H40N4O/c1-6-21-19(22-13-16-10-11-24(7-2)15-16)23-14-17-9-8-12-25-18(17)20(3,4)5/h16-18H,6-15H2,1-5H3,(H2,21,22,23). The van der Waals surface area contributed by atoms with Crippen LogP contribution in [0.5, 0.6) is 0 Å². The highest BCUT2D eigenvalue weighted by atomic mass is 16.5. The van der Waals surface area contributed by atoms with Crippen LogP contribution in [0.1, 0.15) is 53.9 Å². The van der Waals surface area contributed by atoms with Crippen molar-refractivity contribution >= 4 is 5.96 Å². The van der Waals surface area contributed by atoms with Gasteiger partial charge in [0.05, 0.1) is 6.10 Å². The maximum absolute atomic E-state index is 6.11. The molecule has 0 amide bonds. The van der Waals surface area contributed by atoms with E-state index in [2.05, 4.69) is 50.2 Å². The summed E-state index contributed by atoms with van der Waals surface area (Å²) < 4.78 is 6.11. The van der Waals surface area contributed by atoms with Crippen molar-refractivity contribution in [3.8, 4) is 0 Å². The van der Waals surface area contributed by atoms with Crippen molar-refractivity contribution in [2.24, 2.45) is 22.2 Å². The van der Waals surface area contributed by atoms with Crippen LogP contribution in [0.4, 0.5) is 0 Å². The summed E-state index contributed by atoms with van der Waals surface area (Å²) in [5.41, 5.74) is 0.190. The summed E-state index contributed by atoms with van der Waals surface area (Å²) in [5.74, 6) is 2.23. The van der Waals surface area contributed by atoms with E-state index in [1.807, 2.05) is 0 Å². The van der Waals surface area contributed by atoms with Gasteiger partial charge in [0, 0.05) is 38.7 Å². The molecule has 2 aliphatic rings. The lowest BCUT2D eigenvalue weighted by Crippen LogP contribution is -2.47. The molecule has 0 aromatic rings. The van der Waals surface area contributed by atoms with Crippen LogP contribution < -0.4 is 10.6 Å². The van der Waals surface area contributed by atoms with Crippen LogP contribution in [0.15, 0.2) is 4.99 Å². The maximum atomic E-state index is 6.11. The van der Waals surface area contributed by atoms with Gasteiger partial charge in [-0.1, -0.05) is 27.7 Å². The zero-order chi connectivity index (χ0) is 18.3. The largest absolute Gasteiger partial charge is 0.377 e. The first kappa shape index (κ1) is 20.5. The highest BCUT2D eigenvalue weighted by molar-refractivity contribution is 5.79. The van der Waals surface area contributed by atoms with Crippen LogP contribution in [-0.2, 0) is 4.74 Å². The molecule has 2 saturated heterocycles. The molecule has 0 bridgehead atoms. The summed E-state index contributed by atoms with van der Waals surface area (Å²) >= 11 is 0. The Labute approximate surface area is 155 Å². The number of hydrogen-bond acceptors (Lipinski definition) is 3. The van der Waals surface area contributed by atoms with Crippen LogP contribution in [0.3, 0.4) is 0 Å². The molecule has 2 aliphatic heterocycles. The predicted molar refractivity (Wildman–Crippen MR) is 106 cm³/mol. The quantitative estimate of drug-likeness (QED) is 0.570. The first-order chi connectivity index (χ1) is 11.9. The number of likely N-dealkylation sites (tertiary alicyclic amines) is 1. The van der Waals surface area contributed by atoms with E-state index in [4.69, 9.17) is 9.73 Å². The van der Waals surface area contributed by atoms with Gasteiger partial charge in [0.15, 0.2) is 5.96 Å². The normalized spacial score (nSPS) is 29.0. The van der Waals surface area contributed by atoms with E-state index >= 15 is 0 Å². The van der Waals surface area contributed by atoms with Crippen molar-refractivity contribution in [3.05, 3.63) is 0 Å². The molecule has 0 aromatic heterocycles. The minimum absolute atomic E-state index is 0.190. The smallest absolute Gasteiger partial charge is 0.191 e. The molecular formula is C20H40N4O. The molecule has 0 aromatic carbocycles. The molecule has 0 saturated carbocycles. The van der Waals surface area contributed by atoms with Gasteiger partial charge in [-0.2, -0.15) is 0 Å². The van der Waals surface area contributed by atoms with E-state index in [1.165, 1.54) is 32.4 Å². The molecular weight excluding hydrogens is 312 g/mol. The Morgan fingerprint density at radius 2 is 2.00 bits per heavy atom. The number of ether oxygens (including phenoxy) is 1. The Morgan fingerprint density at radius 1 is 1.20 bits per heavy atom. The van der Waals surface area contributed by atoms with Crippen molar-refractivity contribution in [1.82, 2.24) is 15.5 Å². The Morgan fingerprint density at radius 3 is 2.64 bits per heavy atom. The van der Waals surface area contributed by atoms with Crippen LogP contribution in [-0.4, -0.2) is 62.8 Å². The minimum atomic E-state index is 0.190. The van der Waals surface area contributed by atoms with Gasteiger partial charge in [-0.3, -0.25) is 4.99 Å². The van der Waals surface area contributed by atoms with Crippen molar-refractivity contribution in [3.63, 3.8) is 0 Å². The Bertz CT molecular complexity index is 418. The third-order valence-electron chi connectivity index (χ3n) is 5.50. The summed E-state index contributed by atoms with van der Waals surface area (Å²) in [6, 6.07) is 0. The Kier molecular flexibility index (Phi) is 8.01. The fourth-order valence-electron chi connectivity index (χ4n) is 4.15. The van der Waals surface area contributed by atoms with E-state index < -0.39 is 0 Å². The average Bonchev–Trinajstić information content (AvgIpc) is 3.05. The van der Waals surface area contributed by atoms with Gasteiger partial charge in [-0.05, 0) is 50.6 Å². The number of hydrogen-bond donors (Lipinski definition) is 2. The van der Waals surface area contributed by atoms with Crippen LogP contribution in [0.25, 0.3) is 0 Å². The van der Waals surface area contributed by atoms with E-state index in [0.29, 0.717) is 17.9 Å². The number of aliphatic imine (C=N–C) groups is 1. The summed E-state index contributed by atoms with van der Waals surface area (Å²) in [6.45, 7) is 18.5. The number of guanidine groups is 1. The Hall–Kier alpha value is -0.810. The molecule has 0 aliphatic carbocycles. The molecule has 3 unspecified atom stereocenters. The summed E-state index contributed by atoms with van der Waals surface area (Å²) in [5, 5.41) is 7.00. The lowest BCUT2D eigenvalue weighted by atomic mass is 9.78. The van der Waals surface area contributed by atoms with E-state index in [9.17, 15) is 0 Å². The van der Waals surface area contributed by atoms with E-state index in [0.717, 1.165) is 38.7 Å². The van der Waals surface area contributed by atoms with Gasteiger partial charge in [0.1, 0.15) is 0 Å². The van der Waals surface area contributed by atoms with E-state index in [-0.39, 0.29) is 5.41 Å². The highest BCUT2D eigenvalue weighted by Gasteiger charge is 2.35. The molecule has 146 valence electrons. The van der Waals surface area contributed by atoms with Gasteiger partial charge >= 0.3 is 0 Å². The zero-order valence-corrected chi connectivity index (χ0v) is 17.1. The molecule has 5 nitrogen and oxygen atoms in total. The molecule has 2 rings (SSSR count). The van der Waals surface area contributed by atoms with Crippen LogP contribution in [0, 0.1) is 17.3 Å². The number of rotatable bonds is 6. The highest BCUT2D eigenvalue weighted by Crippen LogP contribution is 2.33. The number of nitrogens with zero attached hydrogens (tertiary/aromatic N) is 2. The van der Waals surface area contributed by atoms with Crippen molar-refractivity contribution in [1.29, 1.82) is 0 Å². The average molecular weight is 353 g/mol. The fourth-order valence-corrected chi connectivity index (χ4v) is 4.15. The second kappa shape index (κ2) is 9.77. The van der Waals surface area contributed by atoms with Gasteiger partial charge in [-0.15, -0.1) is 0 Å². The fraction of sp³-hybridized carbons (Fsp3) is 0.950. The molecule has 2 N–H and O–H groups in total. The minimum Gasteiger partial charge on any atom is -0.377 e. The molecule has 2 heterocycles. The molecule has 0 radical (unpaired) electrons.